The first-order valence-corrected chi connectivity index (χ1v) is 12.6. The molecular formula is C29H28Cl3F3N2. The van der Waals surface area contributed by atoms with Crippen molar-refractivity contribution in [3.8, 4) is 0 Å². The second-order valence-electron chi connectivity index (χ2n) is 9.44. The highest BCUT2D eigenvalue weighted by atomic mass is 35.5. The molecule has 8 heteroatoms. The molecule has 0 heterocycles. The van der Waals surface area contributed by atoms with Gasteiger partial charge in [-0.05, 0) is 75.2 Å². The van der Waals surface area contributed by atoms with E-state index in [0.29, 0.717) is 28.4 Å². The van der Waals surface area contributed by atoms with Crippen LogP contribution in [0, 0.1) is 24.5 Å². The summed E-state index contributed by atoms with van der Waals surface area (Å²) in [6, 6.07) is 16.0. The van der Waals surface area contributed by atoms with Gasteiger partial charge in [0.1, 0.15) is 21.6 Å². The number of hydrogen-bond donors (Lipinski definition) is 2. The average Bonchev–Trinajstić information content (AvgIpc) is 3.43. The zero-order valence-electron chi connectivity index (χ0n) is 20.7. The van der Waals surface area contributed by atoms with Crippen LogP contribution in [-0.4, -0.2) is 4.33 Å². The SMILES string of the molecule is C=C(Nc1cc(NC(=C)C2CC2(Cl)Cl)ccc1Cl)c1cc(C)cc(F)c1.CC(C)(F)c1ccccc1F. The lowest BCUT2D eigenvalue weighted by Crippen LogP contribution is -2.10. The fourth-order valence-electron chi connectivity index (χ4n) is 3.65. The van der Waals surface area contributed by atoms with E-state index >= 15 is 0 Å². The van der Waals surface area contributed by atoms with Gasteiger partial charge in [0.15, 0.2) is 0 Å². The van der Waals surface area contributed by atoms with Crippen LogP contribution < -0.4 is 10.6 Å². The second kappa shape index (κ2) is 11.4. The second-order valence-corrected chi connectivity index (χ2v) is 11.4. The van der Waals surface area contributed by atoms with Crippen LogP contribution in [0.25, 0.3) is 5.70 Å². The Morgan fingerprint density at radius 3 is 2.19 bits per heavy atom. The quantitative estimate of drug-likeness (QED) is 0.278. The van der Waals surface area contributed by atoms with Crippen LogP contribution in [0.2, 0.25) is 5.02 Å². The molecule has 2 N–H and O–H groups in total. The first-order valence-electron chi connectivity index (χ1n) is 11.5. The number of rotatable bonds is 7. The number of halogens is 6. The van der Waals surface area contributed by atoms with Crippen molar-refractivity contribution in [1.82, 2.24) is 0 Å². The maximum atomic E-state index is 13.6. The molecular weight excluding hydrogens is 540 g/mol. The summed E-state index contributed by atoms with van der Waals surface area (Å²) in [4.78, 5) is 0. The van der Waals surface area contributed by atoms with Crippen LogP contribution in [0.1, 0.15) is 37.0 Å². The van der Waals surface area contributed by atoms with Crippen LogP contribution in [0.3, 0.4) is 0 Å². The average molecular weight is 568 g/mol. The van der Waals surface area contributed by atoms with E-state index in [9.17, 15) is 13.2 Å². The third-order valence-corrected chi connectivity index (χ3v) is 6.87. The Hall–Kier alpha value is -2.60. The van der Waals surface area contributed by atoms with Gasteiger partial charge >= 0.3 is 0 Å². The van der Waals surface area contributed by atoms with Gasteiger partial charge in [0.05, 0.1) is 10.7 Å². The molecule has 0 aliphatic heterocycles. The predicted molar refractivity (Wildman–Crippen MR) is 151 cm³/mol. The van der Waals surface area contributed by atoms with Crippen molar-refractivity contribution in [2.45, 2.75) is 37.2 Å². The topological polar surface area (TPSA) is 24.1 Å². The Labute approximate surface area is 231 Å². The number of aryl methyl sites for hydroxylation is 1. The van der Waals surface area contributed by atoms with Crippen LogP contribution in [0.4, 0.5) is 24.5 Å². The largest absolute Gasteiger partial charge is 0.359 e. The number of hydrogen-bond acceptors (Lipinski definition) is 2. The third kappa shape index (κ3) is 7.94. The summed E-state index contributed by atoms with van der Waals surface area (Å²) in [5.74, 6) is -0.779. The lowest BCUT2D eigenvalue weighted by Gasteiger charge is -2.15. The summed E-state index contributed by atoms with van der Waals surface area (Å²) >= 11 is 18.4. The number of alkyl halides is 3. The van der Waals surface area contributed by atoms with Crippen LogP contribution in [0.5, 0.6) is 0 Å². The van der Waals surface area contributed by atoms with Crippen molar-refractivity contribution in [3.63, 3.8) is 0 Å². The first kappa shape index (κ1) is 29.0. The van der Waals surface area contributed by atoms with Gasteiger partial charge in [-0.1, -0.05) is 43.0 Å². The Balaban J connectivity index is 0.000000289. The molecule has 0 saturated heterocycles. The van der Waals surface area contributed by atoms with E-state index in [2.05, 4.69) is 23.8 Å². The lowest BCUT2D eigenvalue weighted by atomic mass is 10.00. The van der Waals surface area contributed by atoms with Crippen LogP contribution in [0.15, 0.2) is 79.5 Å². The fraction of sp³-hybridized carbons (Fsp3) is 0.241. The molecule has 37 heavy (non-hydrogen) atoms. The Morgan fingerprint density at radius 2 is 1.65 bits per heavy atom. The van der Waals surface area contributed by atoms with Gasteiger partial charge in [0, 0.05) is 34.1 Å². The van der Waals surface area contributed by atoms with Crippen molar-refractivity contribution in [2.24, 2.45) is 5.92 Å². The van der Waals surface area contributed by atoms with Crippen molar-refractivity contribution in [2.75, 3.05) is 10.6 Å². The third-order valence-electron chi connectivity index (χ3n) is 5.71. The number of benzene rings is 3. The monoisotopic (exact) mass is 566 g/mol. The number of anilines is 2. The highest BCUT2D eigenvalue weighted by Crippen LogP contribution is 2.56. The molecule has 0 amide bonds. The minimum absolute atomic E-state index is 0.0168. The fourth-order valence-corrected chi connectivity index (χ4v) is 4.39. The number of allylic oxidation sites excluding steroid dienone is 1. The highest BCUT2D eigenvalue weighted by Gasteiger charge is 2.53. The van der Waals surface area contributed by atoms with E-state index in [4.69, 9.17) is 34.8 Å². The van der Waals surface area contributed by atoms with Gasteiger partial charge in [0.2, 0.25) is 0 Å². The zero-order valence-corrected chi connectivity index (χ0v) is 23.0. The molecule has 3 aromatic rings. The molecule has 2 nitrogen and oxygen atoms in total. The molecule has 1 saturated carbocycles. The standard InChI is InChI=1S/C20H18Cl3FN2.C9H10F2/c1-11-6-14(8-15(24)7-11)12(2)26-19-9-16(4-5-18(19)21)25-13(3)17-10-20(17,22)23;1-9(2,11)7-5-3-4-6-8(7)10/h4-9,17,25-26H,2-3,10H2,1H3;3-6H,1-2H3. The molecule has 0 aromatic heterocycles. The van der Waals surface area contributed by atoms with E-state index in [1.807, 2.05) is 25.1 Å². The van der Waals surface area contributed by atoms with Gasteiger partial charge in [-0.15, -0.1) is 23.2 Å². The van der Waals surface area contributed by atoms with E-state index in [-0.39, 0.29) is 17.3 Å². The molecule has 1 unspecified atom stereocenters. The normalized spacial score (nSPS) is 15.8. The summed E-state index contributed by atoms with van der Waals surface area (Å²) in [7, 11) is 0. The van der Waals surface area contributed by atoms with Crippen molar-refractivity contribution in [3.05, 3.63) is 113 Å². The minimum Gasteiger partial charge on any atom is -0.359 e. The minimum atomic E-state index is -1.59. The summed E-state index contributed by atoms with van der Waals surface area (Å²) in [6.07, 6.45) is 0.677. The molecule has 3 aromatic carbocycles. The van der Waals surface area contributed by atoms with E-state index in [1.165, 1.54) is 38.1 Å². The smallest absolute Gasteiger partial charge is 0.133 e. The van der Waals surface area contributed by atoms with Gasteiger partial charge in [-0.3, -0.25) is 0 Å². The molecule has 1 atom stereocenters. The summed E-state index contributed by atoms with van der Waals surface area (Å²) < 4.78 is 38.9. The predicted octanol–water partition coefficient (Wildman–Crippen LogP) is 10.0. The van der Waals surface area contributed by atoms with Crippen LogP contribution >= 0.6 is 34.8 Å². The highest BCUT2D eigenvalue weighted by molar-refractivity contribution is 6.51. The van der Waals surface area contributed by atoms with Crippen LogP contribution in [-0.2, 0) is 5.67 Å². The summed E-state index contributed by atoms with van der Waals surface area (Å²) in [5, 5.41) is 6.87. The van der Waals surface area contributed by atoms with Gasteiger partial charge in [-0.2, -0.15) is 0 Å². The first-order chi connectivity index (χ1) is 17.2. The lowest BCUT2D eigenvalue weighted by molar-refractivity contribution is 0.214. The maximum Gasteiger partial charge on any atom is 0.133 e. The van der Waals surface area contributed by atoms with Gasteiger partial charge in [-0.25, -0.2) is 13.2 Å². The van der Waals surface area contributed by atoms with E-state index < -0.39 is 15.8 Å². The van der Waals surface area contributed by atoms with Crippen molar-refractivity contribution in [1.29, 1.82) is 0 Å². The summed E-state index contributed by atoms with van der Waals surface area (Å²) in [6.45, 7) is 12.5. The molecule has 4 rings (SSSR count). The molecule has 0 bridgehead atoms. The summed E-state index contributed by atoms with van der Waals surface area (Å²) in [5.41, 5.74) is 2.74. The molecule has 196 valence electrons. The Morgan fingerprint density at radius 1 is 1.00 bits per heavy atom. The molecule has 0 radical (unpaired) electrons. The molecule has 0 spiro atoms. The van der Waals surface area contributed by atoms with E-state index in [0.717, 1.165) is 16.9 Å². The Kier molecular flexibility index (Phi) is 8.94. The maximum absolute atomic E-state index is 13.6. The van der Waals surface area contributed by atoms with Crippen molar-refractivity contribution >= 4 is 51.9 Å². The zero-order chi connectivity index (χ0) is 27.5. The number of nitrogens with one attached hydrogen (secondary N) is 2. The Bertz CT molecular complexity index is 1300. The van der Waals surface area contributed by atoms with Gasteiger partial charge in [0.25, 0.3) is 0 Å². The molecule has 1 aliphatic carbocycles. The molecule has 1 aliphatic rings. The van der Waals surface area contributed by atoms with Gasteiger partial charge < -0.3 is 10.6 Å². The van der Waals surface area contributed by atoms with Crippen molar-refractivity contribution < 1.29 is 13.2 Å². The molecule has 1 fully saturated rings. The van der Waals surface area contributed by atoms with E-state index in [1.54, 1.807) is 18.2 Å².